The van der Waals surface area contributed by atoms with E-state index in [2.05, 4.69) is 5.32 Å². The third kappa shape index (κ3) is 3.62. The minimum atomic E-state index is -0.297. The summed E-state index contributed by atoms with van der Waals surface area (Å²) in [6, 6.07) is 1.88. The van der Waals surface area contributed by atoms with E-state index in [1.54, 1.807) is 12.5 Å². The molecule has 0 saturated heterocycles. The Morgan fingerprint density at radius 3 is 2.86 bits per heavy atom. The first-order valence-electron chi connectivity index (χ1n) is 4.54. The van der Waals surface area contributed by atoms with Gasteiger partial charge in [0.25, 0.3) is 0 Å². The zero-order valence-corrected chi connectivity index (χ0v) is 8.54. The molecule has 0 aliphatic rings. The van der Waals surface area contributed by atoms with Crippen molar-refractivity contribution in [2.24, 2.45) is 5.73 Å². The summed E-state index contributed by atoms with van der Waals surface area (Å²) in [6.07, 6.45) is 3.62. The Hall–Kier alpha value is -1.29. The van der Waals surface area contributed by atoms with Gasteiger partial charge in [0.15, 0.2) is 0 Å². The molecule has 0 unspecified atom stereocenters. The highest BCUT2D eigenvalue weighted by molar-refractivity contribution is 5.74. The second-order valence-corrected chi connectivity index (χ2v) is 4.01. The molecule has 1 heterocycles. The summed E-state index contributed by atoms with van der Waals surface area (Å²) in [6.45, 7) is 4.56. The van der Waals surface area contributed by atoms with Gasteiger partial charge in [-0.1, -0.05) is 0 Å². The van der Waals surface area contributed by atoms with Gasteiger partial charge < -0.3 is 15.5 Å². The van der Waals surface area contributed by atoms with Crippen LogP contribution in [0, 0.1) is 0 Å². The number of carbonyl (C=O) groups is 1. The molecule has 3 N–H and O–H groups in total. The van der Waals surface area contributed by atoms with Gasteiger partial charge in [-0.15, -0.1) is 0 Å². The van der Waals surface area contributed by atoms with Crippen molar-refractivity contribution >= 4 is 5.91 Å². The van der Waals surface area contributed by atoms with Gasteiger partial charge in [-0.3, -0.25) is 4.79 Å². The number of nitrogens with one attached hydrogen (secondary N) is 1. The molecule has 4 nitrogen and oxygen atoms in total. The lowest BCUT2D eigenvalue weighted by Crippen LogP contribution is -2.42. The van der Waals surface area contributed by atoms with E-state index in [1.165, 1.54) is 0 Å². The molecule has 1 amide bonds. The maximum Gasteiger partial charge on any atom is 0.219 e. The third-order valence-corrected chi connectivity index (χ3v) is 1.97. The van der Waals surface area contributed by atoms with E-state index in [4.69, 9.17) is 10.2 Å². The molecule has 14 heavy (non-hydrogen) atoms. The summed E-state index contributed by atoms with van der Waals surface area (Å²) in [5.41, 5.74) is 5.91. The highest BCUT2D eigenvalue weighted by atomic mass is 16.3. The van der Waals surface area contributed by atoms with E-state index in [0.717, 1.165) is 5.56 Å². The summed E-state index contributed by atoms with van der Waals surface area (Å²) in [7, 11) is 0. The van der Waals surface area contributed by atoms with Gasteiger partial charge >= 0.3 is 0 Å². The molecule has 0 aromatic carbocycles. The molecule has 0 aliphatic heterocycles. The lowest BCUT2D eigenvalue weighted by Gasteiger charge is -2.24. The monoisotopic (exact) mass is 196 g/mol. The standard InChI is InChI=1S/C10H16N2O2/c1-10(2,5-9(11)13)12-6-8-3-4-14-7-8/h3-4,7,12H,5-6H2,1-2H3,(H2,11,13). The van der Waals surface area contributed by atoms with Crippen molar-refractivity contribution in [2.45, 2.75) is 32.4 Å². The van der Waals surface area contributed by atoms with Crippen LogP contribution in [-0.4, -0.2) is 11.4 Å². The largest absolute Gasteiger partial charge is 0.472 e. The van der Waals surface area contributed by atoms with Crippen LogP contribution in [0.3, 0.4) is 0 Å². The Balaban J connectivity index is 2.40. The van der Waals surface area contributed by atoms with Gasteiger partial charge in [0.1, 0.15) is 0 Å². The Labute approximate surface area is 83.5 Å². The number of hydrogen-bond donors (Lipinski definition) is 2. The Morgan fingerprint density at radius 1 is 1.64 bits per heavy atom. The molecule has 1 aromatic rings. The van der Waals surface area contributed by atoms with E-state index < -0.39 is 0 Å². The summed E-state index contributed by atoms with van der Waals surface area (Å²) >= 11 is 0. The zero-order valence-electron chi connectivity index (χ0n) is 8.54. The fraction of sp³-hybridized carbons (Fsp3) is 0.500. The molecular formula is C10H16N2O2. The SMILES string of the molecule is CC(C)(CC(N)=O)NCc1ccoc1. The maximum absolute atomic E-state index is 10.7. The fourth-order valence-electron chi connectivity index (χ4n) is 1.23. The van der Waals surface area contributed by atoms with Gasteiger partial charge in [0.05, 0.1) is 12.5 Å². The Kier molecular flexibility index (Phi) is 3.30. The highest BCUT2D eigenvalue weighted by Gasteiger charge is 2.19. The van der Waals surface area contributed by atoms with Gasteiger partial charge in [-0.2, -0.15) is 0 Å². The molecule has 78 valence electrons. The number of furan rings is 1. The van der Waals surface area contributed by atoms with Crippen molar-refractivity contribution in [2.75, 3.05) is 0 Å². The van der Waals surface area contributed by atoms with Crippen LogP contribution in [0.4, 0.5) is 0 Å². The molecule has 0 bridgehead atoms. The van der Waals surface area contributed by atoms with Crippen molar-refractivity contribution in [3.63, 3.8) is 0 Å². The van der Waals surface area contributed by atoms with Gasteiger partial charge in [-0.25, -0.2) is 0 Å². The Morgan fingerprint density at radius 2 is 2.36 bits per heavy atom. The van der Waals surface area contributed by atoms with Crippen molar-refractivity contribution in [3.05, 3.63) is 24.2 Å². The number of primary amides is 1. The van der Waals surface area contributed by atoms with Crippen molar-refractivity contribution < 1.29 is 9.21 Å². The fourth-order valence-corrected chi connectivity index (χ4v) is 1.23. The molecule has 0 aliphatic carbocycles. The number of nitrogens with two attached hydrogens (primary N) is 1. The van der Waals surface area contributed by atoms with Crippen LogP contribution in [0.1, 0.15) is 25.8 Å². The van der Waals surface area contributed by atoms with E-state index in [9.17, 15) is 4.79 Å². The molecule has 0 fully saturated rings. The van der Waals surface area contributed by atoms with Crippen LogP contribution < -0.4 is 11.1 Å². The molecule has 0 atom stereocenters. The van der Waals surface area contributed by atoms with E-state index >= 15 is 0 Å². The summed E-state index contributed by atoms with van der Waals surface area (Å²) < 4.78 is 4.93. The molecule has 1 aromatic heterocycles. The molecule has 4 heteroatoms. The summed E-state index contributed by atoms with van der Waals surface area (Å²) in [4.78, 5) is 10.7. The topological polar surface area (TPSA) is 68.3 Å². The van der Waals surface area contributed by atoms with Crippen LogP contribution >= 0.6 is 0 Å². The predicted molar refractivity (Wildman–Crippen MR) is 53.4 cm³/mol. The zero-order chi connectivity index (χ0) is 10.6. The minimum Gasteiger partial charge on any atom is -0.472 e. The van der Waals surface area contributed by atoms with Crippen LogP contribution in [0.5, 0.6) is 0 Å². The second kappa shape index (κ2) is 4.28. The second-order valence-electron chi connectivity index (χ2n) is 4.01. The smallest absolute Gasteiger partial charge is 0.219 e. The van der Waals surface area contributed by atoms with E-state index in [1.807, 2.05) is 19.9 Å². The lowest BCUT2D eigenvalue weighted by molar-refractivity contribution is -0.119. The lowest BCUT2D eigenvalue weighted by atomic mass is 10.00. The predicted octanol–water partition coefficient (Wildman–Crippen LogP) is 1.02. The van der Waals surface area contributed by atoms with Crippen LogP contribution in [0.15, 0.2) is 23.0 Å². The molecular weight excluding hydrogens is 180 g/mol. The number of amides is 1. The molecule has 0 saturated carbocycles. The average Bonchev–Trinajstić information content (AvgIpc) is 2.50. The highest BCUT2D eigenvalue weighted by Crippen LogP contribution is 2.09. The summed E-state index contributed by atoms with van der Waals surface area (Å²) in [5.74, 6) is -0.297. The van der Waals surface area contributed by atoms with Gasteiger partial charge in [-0.05, 0) is 19.9 Å². The van der Waals surface area contributed by atoms with Crippen molar-refractivity contribution in [1.29, 1.82) is 0 Å². The van der Waals surface area contributed by atoms with Crippen molar-refractivity contribution in [3.8, 4) is 0 Å². The van der Waals surface area contributed by atoms with E-state index in [-0.39, 0.29) is 11.4 Å². The Bertz CT molecular complexity index is 291. The van der Waals surface area contributed by atoms with Gasteiger partial charge in [0, 0.05) is 24.1 Å². The van der Waals surface area contributed by atoms with Crippen LogP contribution in [-0.2, 0) is 11.3 Å². The first-order valence-corrected chi connectivity index (χ1v) is 4.54. The van der Waals surface area contributed by atoms with Crippen LogP contribution in [0.2, 0.25) is 0 Å². The number of hydrogen-bond acceptors (Lipinski definition) is 3. The summed E-state index contributed by atoms with van der Waals surface area (Å²) in [5, 5.41) is 3.23. The quantitative estimate of drug-likeness (QED) is 0.738. The minimum absolute atomic E-state index is 0.275. The van der Waals surface area contributed by atoms with Crippen LogP contribution in [0.25, 0.3) is 0 Å². The number of carbonyl (C=O) groups excluding carboxylic acids is 1. The third-order valence-electron chi connectivity index (χ3n) is 1.97. The first kappa shape index (κ1) is 10.8. The average molecular weight is 196 g/mol. The maximum atomic E-state index is 10.7. The molecule has 0 radical (unpaired) electrons. The first-order chi connectivity index (χ1) is 6.49. The normalized spacial score (nSPS) is 11.6. The molecule has 0 spiro atoms. The van der Waals surface area contributed by atoms with Crippen molar-refractivity contribution in [1.82, 2.24) is 5.32 Å². The van der Waals surface area contributed by atoms with E-state index in [0.29, 0.717) is 13.0 Å². The van der Waals surface area contributed by atoms with Gasteiger partial charge in [0.2, 0.25) is 5.91 Å². The molecule has 1 rings (SSSR count). The number of rotatable bonds is 5.